The van der Waals surface area contributed by atoms with E-state index in [-0.39, 0.29) is 5.91 Å². The summed E-state index contributed by atoms with van der Waals surface area (Å²) in [5.74, 6) is 0.348. The Bertz CT molecular complexity index is 1240. The molecule has 30 heavy (non-hydrogen) atoms. The number of amidine groups is 1. The molecule has 0 radical (unpaired) electrons. The van der Waals surface area contributed by atoms with E-state index in [1.807, 2.05) is 49.5 Å². The minimum Gasteiger partial charge on any atom is -0.320 e. The molecule has 150 valence electrons. The number of benzene rings is 1. The molecule has 1 aromatic carbocycles. The van der Waals surface area contributed by atoms with Crippen molar-refractivity contribution in [3.63, 3.8) is 0 Å². The van der Waals surface area contributed by atoms with E-state index in [0.29, 0.717) is 29.4 Å². The number of hydroxylamine groups is 1. The maximum Gasteiger partial charge on any atom is 0.274 e. The standard InChI is InChI=1S/C20H18N8O2/c1-13-5-6-14(19-25-18(30-26-19)10-27-12-21-11-23-27)8-15(13)24-20(29)16-9-22-17-4-2-3-7-28(16)17/h2-9,11-12,18H,10H2,1H3,(H,24,29)(H,25,26). The third-order valence-electron chi connectivity index (χ3n) is 4.78. The van der Waals surface area contributed by atoms with Crippen LogP contribution in [0.15, 0.2) is 66.4 Å². The summed E-state index contributed by atoms with van der Waals surface area (Å²) < 4.78 is 3.40. The number of nitrogens with zero attached hydrogens (tertiary/aromatic N) is 6. The number of aryl methyl sites for hydroxylation is 1. The Labute approximate surface area is 171 Å². The van der Waals surface area contributed by atoms with Gasteiger partial charge in [0.15, 0.2) is 12.1 Å². The number of pyridine rings is 1. The smallest absolute Gasteiger partial charge is 0.274 e. The van der Waals surface area contributed by atoms with Crippen LogP contribution in [0.25, 0.3) is 5.65 Å². The van der Waals surface area contributed by atoms with Crippen molar-refractivity contribution < 1.29 is 9.63 Å². The molecule has 5 rings (SSSR count). The number of hydrogen-bond donors (Lipinski definition) is 2. The average Bonchev–Trinajstić information content (AvgIpc) is 3.50. The predicted molar refractivity (Wildman–Crippen MR) is 109 cm³/mol. The molecule has 4 aromatic rings. The van der Waals surface area contributed by atoms with Gasteiger partial charge in [-0.2, -0.15) is 5.10 Å². The number of carbonyl (C=O) groups excluding carboxylic acids is 1. The average molecular weight is 402 g/mol. The number of aliphatic imine (C=N–C) groups is 1. The van der Waals surface area contributed by atoms with Crippen LogP contribution in [0.3, 0.4) is 0 Å². The Kier molecular flexibility index (Phi) is 4.45. The molecule has 10 heteroatoms. The van der Waals surface area contributed by atoms with E-state index in [9.17, 15) is 4.79 Å². The van der Waals surface area contributed by atoms with E-state index in [0.717, 1.165) is 11.1 Å². The zero-order valence-corrected chi connectivity index (χ0v) is 16.1. The van der Waals surface area contributed by atoms with Gasteiger partial charge in [-0.25, -0.2) is 30.0 Å². The van der Waals surface area contributed by atoms with Crippen molar-refractivity contribution in [3.05, 3.63) is 78.3 Å². The summed E-state index contributed by atoms with van der Waals surface area (Å²) in [5, 5.41) is 7.03. The Morgan fingerprint density at radius 3 is 3.10 bits per heavy atom. The molecule has 2 N–H and O–H groups in total. The van der Waals surface area contributed by atoms with E-state index in [2.05, 4.69) is 30.9 Å². The van der Waals surface area contributed by atoms with Gasteiger partial charge in [-0.3, -0.25) is 9.20 Å². The van der Waals surface area contributed by atoms with Gasteiger partial charge in [-0.1, -0.05) is 18.2 Å². The summed E-state index contributed by atoms with van der Waals surface area (Å²) in [6, 6.07) is 11.3. The Morgan fingerprint density at radius 1 is 1.30 bits per heavy atom. The maximum atomic E-state index is 12.8. The molecule has 0 fully saturated rings. The Morgan fingerprint density at radius 2 is 2.23 bits per heavy atom. The summed E-state index contributed by atoms with van der Waals surface area (Å²) in [5.41, 5.74) is 6.44. The molecule has 10 nitrogen and oxygen atoms in total. The van der Waals surface area contributed by atoms with Crippen LogP contribution >= 0.6 is 0 Å². The summed E-state index contributed by atoms with van der Waals surface area (Å²) in [7, 11) is 0. The van der Waals surface area contributed by atoms with Crippen LogP contribution in [0.5, 0.6) is 0 Å². The lowest BCUT2D eigenvalue weighted by Gasteiger charge is -2.10. The van der Waals surface area contributed by atoms with Gasteiger partial charge in [0, 0.05) is 17.4 Å². The van der Waals surface area contributed by atoms with Gasteiger partial charge < -0.3 is 5.32 Å². The molecule has 0 aliphatic carbocycles. The normalized spacial score (nSPS) is 15.8. The van der Waals surface area contributed by atoms with Crippen LogP contribution in [-0.2, 0) is 11.4 Å². The second kappa shape index (κ2) is 7.41. The van der Waals surface area contributed by atoms with Gasteiger partial charge in [0.25, 0.3) is 5.91 Å². The fourth-order valence-corrected chi connectivity index (χ4v) is 3.21. The van der Waals surface area contributed by atoms with Crippen LogP contribution in [0.2, 0.25) is 0 Å². The second-order valence-corrected chi connectivity index (χ2v) is 6.83. The molecule has 1 atom stereocenters. The largest absolute Gasteiger partial charge is 0.320 e. The SMILES string of the molecule is Cc1ccc(C2=NC(Cn3cncn3)ON2)cc1NC(=O)c1cnc2ccccn12. The van der Waals surface area contributed by atoms with Crippen molar-refractivity contribution in [1.29, 1.82) is 0 Å². The number of hydrogen-bond acceptors (Lipinski definition) is 7. The Hall–Kier alpha value is -4.05. The first-order valence-corrected chi connectivity index (χ1v) is 9.34. The number of nitrogens with one attached hydrogen (secondary N) is 2. The molecule has 4 heterocycles. The Balaban J connectivity index is 1.37. The lowest BCUT2D eigenvalue weighted by molar-refractivity contribution is 0.0259. The molecule has 0 bridgehead atoms. The molecule has 0 spiro atoms. The molecular weight excluding hydrogens is 384 g/mol. The van der Waals surface area contributed by atoms with E-state index in [4.69, 9.17) is 4.84 Å². The monoisotopic (exact) mass is 402 g/mol. The van der Waals surface area contributed by atoms with Gasteiger partial charge in [0.05, 0.1) is 12.7 Å². The first-order valence-electron chi connectivity index (χ1n) is 9.34. The van der Waals surface area contributed by atoms with Crippen LogP contribution < -0.4 is 10.8 Å². The van der Waals surface area contributed by atoms with E-state index < -0.39 is 6.23 Å². The topological polar surface area (TPSA) is 111 Å². The van der Waals surface area contributed by atoms with Gasteiger partial charge in [-0.05, 0) is 30.7 Å². The fourth-order valence-electron chi connectivity index (χ4n) is 3.21. The minimum atomic E-state index is -0.417. The molecular formula is C20H18N8O2. The predicted octanol–water partition coefficient (Wildman–Crippen LogP) is 1.79. The summed E-state index contributed by atoms with van der Waals surface area (Å²) in [6.45, 7) is 2.38. The highest BCUT2D eigenvalue weighted by atomic mass is 16.7. The second-order valence-electron chi connectivity index (χ2n) is 6.83. The first kappa shape index (κ1) is 18.0. The fraction of sp³-hybridized carbons (Fsp3) is 0.150. The van der Waals surface area contributed by atoms with Gasteiger partial charge >= 0.3 is 0 Å². The molecule has 1 unspecified atom stereocenters. The number of anilines is 1. The van der Waals surface area contributed by atoms with E-state index in [1.54, 1.807) is 21.6 Å². The lowest BCUT2D eigenvalue weighted by Crippen LogP contribution is -2.22. The highest BCUT2D eigenvalue weighted by Crippen LogP contribution is 2.20. The van der Waals surface area contributed by atoms with Crippen molar-refractivity contribution in [2.75, 3.05) is 5.32 Å². The summed E-state index contributed by atoms with van der Waals surface area (Å²) >= 11 is 0. The van der Waals surface area contributed by atoms with E-state index in [1.165, 1.54) is 6.33 Å². The molecule has 0 saturated heterocycles. The highest BCUT2D eigenvalue weighted by Gasteiger charge is 2.21. The van der Waals surface area contributed by atoms with Crippen molar-refractivity contribution in [3.8, 4) is 0 Å². The maximum absolute atomic E-state index is 12.8. The van der Waals surface area contributed by atoms with Crippen molar-refractivity contribution in [2.24, 2.45) is 4.99 Å². The quantitative estimate of drug-likeness (QED) is 0.527. The zero-order valence-electron chi connectivity index (χ0n) is 16.1. The molecule has 1 aliphatic heterocycles. The minimum absolute atomic E-state index is 0.240. The van der Waals surface area contributed by atoms with Crippen LogP contribution in [0.4, 0.5) is 5.69 Å². The molecule has 0 saturated carbocycles. The van der Waals surface area contributed by atoms with Crippen LogP contribution in [0.1, 0.15) is 21.6 Å². The highest BCUT2D eigenvalue weighted by molar-refractivity contribution is 6.05. The molecule has 3 aromatic heterocycles. The van der Waals surface area contributed by atoms with Crippen molar-refractivity contribution in [2.45, 2.75) is 19.7 Å². The van der Waals surface area contributed by atoms with Crippen LogP contribution in [0, 0.1) is 6.92 Å². The number of carbonyl (C=O) groups is 1. The first-order chi connectivity index (χ1) is 14.7. The molecule has 1 amide bonds. The van der Waals surface area contributed by atoms with Gasteiger partial charge in [0.2, 0.25) is 0 Å². The lowest BCUT2D eigenvalue weighted by atomic mass is 10.1. The number of amides is 1. The number of rotatable bonds is 5. The third-order valence-corrected chi connectivity index (χ3v) is 4.78. The summed E-state index contributed by atoms with van der Waals surface area (Å²) in [4.78, 5) is 31.1. The van der Waals surface area contributed by atoms with Gasteiger partial charge in [0.1, 0.15) is 24.0 Å². The number of fused-ring (bicyclic) bond motifs is 1. The number of imidazole rings is 1. The van der Waals surface area contributed by atoms with Crippen molar-refractivity contribution >= 4 is 23.1 Å². The van der Waals surface area contributed by atoms with E-state index >= 15 is 0 Å². The zero-order chi connectivity index (χ0) is 20.5. The third kappa shape index (κ3) is 3.40. The van der Waals surface area contributed by atoms with Crippen LogP contribution in [-0.4, -0.2) is 42.1 Å². The summed E-state index contributed by atoms with van der Waals surface area (Å²) in [6.07, 6.45) is 6.03. The molecule has 1 aliphatic rings. The van der Waals surface area contributed by atoms with Crippen molar-refractivity contribution in [1.82, 2.24) is 29.6 Å². The van der Waals surface area contributed by atoms with Gasteiger partial charge in [-0.15, -0.1) is 0 Å². The number of aromatic nitrogens is 5.